The van der Waals surface area contributed by atoms with Crippen molar-refractivity contribution >= 4 is 5.91 Å². The van der Waals surface area contributed by atoms with Crippen LogP contribution in [0.4, 0.5) is 0 Å². The molecule has 0 fully saturated rings. The third kappa shape index (κ3) is 4.73. The molecule has 0 saturated heterocycles. The molecule has 0 aromatic heterocycles. The van der Waals surface area contributed by atoms with E-state index >= 15 is 0 Å². The van der Waals surface area contributed by atoms with Crippen molar-refractivity contribution in [3.63, 3.8) is 0 Å². The maximum atomic E-state index is 11.6. The van der Waals surface area contributed by atoms with Crippen LogP contribution in [-0.2, 0) is 0 Å². The normalized spacial score (nSPS) is 11.9. The summed E-state index contributed by atoms with van der Waals surface area (Å²) in [6.45, 7) is 2.33. The molecule has 0 bridgehead atoms. The number of aliphatic hydroxyl groups excluding tert-OH is 2. The molecule has 0 aliphatic rings. The Hall–Kier alpha value is -1.59. The van der Waals surface area contributed by atoms with Crippen LogP contribution >= 0.6 is 0 Å². The Kier molecular flexibility index (Phi) is 6.18. The molecule has 0 saturated carbocycles. The summed E-state index contributed by atoms with van der Waals surface area (Å²) in [5, 5.41) is 20.3. The Morgan fingerprint density at radius 1 is 1.39 bits per heavy atom. The van der Waals surface area contributed by atoms with Gasteiger partial charge in [0.2, 0.25) is 0 Å². The van der Waals surface area contributed by atoms with Gasteiger partial charge in [-0.2, -0.15) is 0 Å². The molecule has 1 aromatic carbocycles. The lowest BCUT2D eigenvalue weighted by Gasteiger charge is -2.09. The minimum atomic E-state index is -0.930. The number of carbonyl (C=O) groups excluding carboxylic acids is 1. The zero-order valence-electron chi connectivity index (χ0n) is 10.4. The summed E-state index contributed by atoms with van der Waals surface area (Å²) in [6.07, 6.45) is 0.00230. The molecule has 0 heterocycles. The van der Waals surface area contributed by atoms with Crippen molar-refractivity contribution in [2.45, 2.75) is 19.4 Å². The molecule has 0 radical (unpaired) electrons. The summed E-state index contributed by atoms with van der Waals surface area (Å²) < 4.78 is 5.40. The van der Waals surface area contributed by atoms with Gasteiger partial charge in [0, 0.05) is 12.1 Å². The van der Waals surface area contributed by atoms with Crippen LogP contribution in [0.3, 0.4) is 0 Å². The Morgan fingerprint density at radius 2 is 2.06 bits per heavy atom. The second kappa shape index (κ2) is 7.68. The third-order valence-electron chi connectivity index (χ3n) is 2.30. The molecule has 0 aliphatic carbocycles. The van der Waals surface area contributed by atoms with Crippen LogP contribution in [0.25, 0.3) is 0 Å². The minimum Gasteiger partial charge on any atom is -0.494 e. The van der Waals surface area contributed by atoms with Crippen molar-refractivity contribution in [3.8, 4) is 5.75 Å². The van der Waals surface area contributed by atoms with Crippen LogP contribution < -0.4 is 10.1 Å². The summed E-state index contributed by atoms with van der Waals surface area (Å²) in [5.41, 5.74) is 0.490. The number of aliphatic hydroxyl groups is 2. The Morgan fingerprint density at radius 3 is 2.61 bits per heavy atom. The van der Waals surface area contributed by atoms with Crippen molar-refractivity contribution in [2.24, 2.45) is 0 Å². The molecule has 0 aliphatic heterocycles. The fourth-order valence-corrected chi connectivity index (χ4v) is 1.30. The van der Waals surface area contributed by atoms with Gasteiger partial charge < -0.3 is 20.3 Å². The van der Waals surface area contributed by atoms with E-state index in [1.54, 1.807) is 24.3 Å². The standard InChI is InChI=1S/C13H19NO4/c1-2-7-18-12-5-3-10(4-6-12)13(17)14-8-11(16)9-15/h3-6,11,15-16H,2,7-9H2,1H3,(H,14,17). The lowest BCUT2D eigenvalue weighted by molar-refractivity contribution is 0.0802. The molecule has 3 N–H and O–H groups in total. The molecule has 5 nitrogen and oxygen atoms in total. The highest BCUT2D eigenvalue weighted by molar-refractivity contribution is 5.94. The number of hydrogen-bond donors (Lipinski definition) is 3. The highest BCUT2D eigenvalue weighted by atomic mass is 16.5. The molecule has 0 spiro atoms. The van der Waals surface area contributed by atoms with Gasteiger partial charge in [0.15, 0.2) is 0 Å². The summed E-state index contributed by atoms with van der Waals surface area (Å²) in [6, 6.07) is 6.78. The van der Waals surface area contributed by atoms with Crippen molar-refractivity contribution in [2.75, 3.05) is 19.8 Å². The largest absolute Gasteiger partial charge is 0.494 e. The van der Waals surface area contributed by atoms with E-state index in [2.05, 4.69) is 5.32 Å². The smallest absolute Gasteiger partial charge is 0.251 e. The molecular weight excluding hydrogens is 234 g/mol. The molecule has 100 valence electrons. The lowest BCUT2D eigenvalue weighted by atomic mass is 10.2. The molecule has 1 atom stereocenters. The highest BCUT2D eigenvalue weighted by Gasteiger charge is 2.08. The Bertz CT molecular complexity index is 364. The number of nitrogens with one attached hydrogen (secondary N) is 1. The second-order valence-electron chi connectivity index (χ2n) is 3.92. The van der Waals surface area contributed by atoms with E-state index in [1.165, 1.54) is 0 Å². The van der Waals surface area contributed by atoms with Crippen LogP contribution in [0.1, 0.15) is 23.7 Å². The van der Waals surface area contributed by atoms with Gasteiger partial charge in [-0.3, -0.25) is 4.79 Å². The van der Waals surface area contributed by atoms with E-state index in [1.807, 2.05) is 6.92 Å². The van der Waals surface area contributed by atoms with E-state index in [0.717, 1.165) is 12.2 Å². The van der Waals surface area contributed by atoms with E-state index < -0.39 is 6.10 Å². The minimum absolute atomic E-state index is 0.0312. The monoisotopic (exact) mass is 253 g/mol. The van der Waals surface area contributed by atoms with Crippen LogP contribution in [0.5, 0.6) is 5.75 Å². The zero-order valence-corrected chi connectivity index (χ0v) is 10.4. The first-order valence-corrected chi connectivity index (χ1v) is 5.97. The third-order valence-corrected chi connectivity index (χ3v) is 2.30. The van der Waals surface area contributed by atoms with Crippen molar-refractivity contribution in [3.05, 3.63) is 29.8 Å². The number of ether oxygens (including phenoxy) is 1. The van der Waals surface area contributed by atoms with Gasteiger partial charge in [-0.1, -0.05) is 6.92 Å². The Balaban J connectivity index is 2.48. The predicted octanol–water partition coefficient (Wildman–Crippen LogP) is 0.558. The lowest BCUT2D eigenvalue weighted by Crippen LogP contribution is -2.33. The molecule has 1 unspecified atom stereocenters. The number of hydrogen-bond acceptors (Lipinski definition) is 4. The zero-order chi connectivity index (χ0) is 13.4. The van der Waals surface area contributed by atoms with Gasteiger partial charge >= 0.3 is 0 Å². The topological polar surface area (TPSA) is 78.8 Å². The van der Waals surface area contributed by atoms with Crippen molar-refractivity contribution < 1.29 is 19.7 Å². The highest BCUT2D eigenvalue weighted by Crippen LogP contribution is 2.12. The number of carbonyl (C=O) groups is 1. The molecule has 5 heteroatoms. The quantitative estimate of drug-likeness (QED) is 0.663. The maximum Gasteiger partial charge on any atom is 0.251 e. The van der Waals surface area contributed by atoms with E-state index in [4.69, 9.17) is 14.9 Å². The SMILES string of the molecule is CCCOc1ccc(C(=O)NCC(O)CO)cc1. The number of amides is 1. The van der Waals surface area contributed by atoms with Crippen molar-refractivity contribution in [1.29, 1.82) is 0 Å². The van der Waals surface area contributed by atoms with Crippen LogP contribution in [0, 0.1) is 0 Å². The average Bonchev–Trinajstić information content (AvgIpc) is 2.42. The summed E-state index contributed by atoms with van der Waals surface area (Å²) in [7, 11) is 0. The van der Waals surface area contributed by atoms with E-state index in [-0.39, 0.29) is 19.1 Å². The van der Waals surface area contributed by atoms with E-state index in [0.29, 0.717) is 12.2 Å². The van der Waals surface area contributed by atoms with Gasteiger partial charge in [0.1, 0.15) is 5.75 Å². The summed E-state index contributed by atoms with van der Waals surface area (Å²) in [4.78, 5) is 11.6. The number of rotatable bonds is 7. The fourth-order valence-electron chi connectivity index (χ4n) is 1.30. The van der Waals surface area contributed by atoms with Gasteiger partial charge in [-0.15, -0.1) is 0 Å². The summed E-state index contributed by atoms with van der Waals surface area (Å²) in [5.74, 6) is 0.438. The van der Waals surface area contributed by atoms with E-state index in [9.17, 15) is 4.79 Å². The van der Waals surface area contributed by atoms with Gasteiger partial charge in [-0.05, 0) is 30.7 Å². The first-order chi connectivity index (χ1) is 8.67. The molecule has 1 aromatic rings. The average molecular weight is 253 g/mol. The van der Waals surface area contributed by atoms with Gasteiger partial charge in [0.25, 0.3) is 5.91 Å². The number of benzene rings is 1. The first kappa shape index (κ1) is 14.5. The second-order valence-corrected chi connectivity index (χ2v) is 3.92. The molecular formula is C13H19NO4. The molecule has 1 rings (SSSR count). The maximum absolute atomic E-state index is 11.6. The predicted molar refractivity (Wildman–Crippen MR) is 67.7 cm³/mol. The first-order valence-electron chi connectivity index (χ1n) is 5.97. The van der Waals surface area contributed by atoms with Crippen LogP contribution in [-0.4, -0.2) is 42.0 Å². The van der Waals surface area contributed by atoms with Gasteiger partial charge in [0.05, 0.1) is 19.3 Å². The Labute approximate surface area is 106 Å². The van der Waals surface area contributed by atoms with Crippen LogP contribution in [0.2, 0.25) is 0 Å². The molecule has 1 amide bonds. The van der Waals surface area contributed by atoms with Gasteiger partial charge in [-0.25, -0.2) is 0 Å². The van der Waals surface area contributed by atoms with Crippen molar-refractivity contribution in [1.82, 2.24) is 5.32 Å². The summed E-state index contributed by atoms with van der Waals surface area (Å²) >= 11 is 0. The molecule has 18 heavy (non-hydrogen) atoms. The fraction of sp³-hybridized carbons (Fsp3) is 0.462. The van der Waals surface area contributed by atoms with Crippen LogP contribution in [0.15, 0.2) is 24.3 Å².